The van der Waals surface area contributed by atoms with Gasteiger partial charge in [-0.05, 0) is 29.8 Å². The second kappa shape index (κ2) is 6.72. The first kappa shape index (κ1) is 16.2. The number of nitrogens with one attached hydrogen (secondary N) is 1. The summed E-state index contributed by atoms with van der Waals surface area (Å²) in [6.07, 6.45) is 1.15. The van der Waals surface area contributed by atoms with Crippen LogP contribution in [0, 0.1) is 0 Å². The number of benzene rings is 1. The Hall–Kier alpha value is -1.18. The summed E-state index contributed by atoms with van der Waals surface area (Å²) < 4.78 is 23.0. The number of amides is 1. The third-order valence-electron chi connectivity index (χ3n) is 2.72. The monoisotopic (exact) mass is 387 g/mol. The minimum Gasteiger partial charge on any atom is -0.350 e. The van der Waals surface area contributed by atoms with Crippen molar-refractivity contribution in [3.05, 3.63) is 45.7 Å². The van der Waals surface area contributed by atoms with Gasteiger partial charge in [0.2, 0.25) is 0 Å². The van der Waals surface area contributed by atoms with Gasteiger partial charge in [-0.25, -0.2) is 8.42 Å². The van der Waals surface area contributed by atoms with Gasteiger partial charge in [-0.3, -0.25) is 4.79 Å². The van der Waals surface area contributed by atoms with E-state index in [0.29, 0.717) is 4.88 Å². The minimum atomic E-state index is -3.06. The first-order valence-corrected chi connectivity index (χ1v) is 9.84. The lowest BCUT2D eigenvalue weighted by atomic mass is 10.2. The average Bonchev–Trinajstić information content (AvgIpc) is 2.87. The fraction of sp³-hybridized carbons (Fsp3) is 0.214. The predicted molar refractivity (Wildman–Crippen MR) is 89.5 cm³/mol. The van der Waals surface area contributed by atoms with Crippen LogP contribution in [0.25, 0.3) is 10.4 Å². The number of carbonyl (C=O) groups is 1. The Labute approximate surface area is 136 Å². The van der Waals surface area contributed by atoms with Crippen LogP contribution < -0.4 is 5.32 Å². The predicted octanol–water partition coefficient (Wildman–Crippen LogP) is 2.95. The molecule has 0 fully saturated rings. The molecule has 1 amide bonds. The number of sulfone groups is 1. The summed E-state index contributed by atoms with van der Waals surface area (Å²) in [7, 11) is -3.06. The largest absolute Gasteiger partial charge is 0.350 e. The van der Waals surface area contributed by atoms with Gasteiger partial charge in [-0.2, -0.15) is 0 Å². The molecule has 0 radical (unpaired) electrons. The molecule has 0 aliphatic rings. The fourth-order valence-corrected chi connectivity index (χ4v) is 3.33. The molecule has 0 bridgehead atoms. The minimum absolute atomic E-state index is 0.0519. The summed E-state index contributed by atoms with van der Waals surface area (Å²) >= 11 is 4.76. The highest BCUT2D eigenvalue weighted by Gasteiger charge is 2.11. The summed E-state index contributed by atoms with van der Waals surface area (Å²) in [6.45, 7) is 0.128. The molecule has 0 saturated carbocycles. The van der Waals surface area contributed by atoms with Gasteiger partial charge in [-0.15, -0.1) is 11.3 Å². The standard InChI is InChI=1S/C14H14BrNO3S2/c1-21(18,19)9-8-16-14(17)13-7-6-12(20-13)10-2-4-11(15)5-3-10/h2-7H,8-9H2,1H3,(H,16,17). The molecule has 1 heterocycles. The maximum Gasteiger partial charge on any atom is 0.261 e. The Balaban J connectivity index is 2.02. The summed E-state index contributed by atoms with van der Waals surface area (Å²) in [6, 6.07) is 11.5. The SMILES string of the molecule is CS(=O)(=O)CCNC(=O)c1ccc(-c2ccc(Br)cc2)s1. The normalized spacial score (nSPS) is 11.3. The highest BCUT2D eigenvalue weighted by Crippen LogP contribution is 2.29. The Morgan fingerprint density at radius 2 is 1.86 bits per heavy atom. The van der Waals surface area contributed by atoms with Crippen LogP contribution in [0.4, 0.5) is 0 Å². The van der Waals surface area contributed by atoms with Crippen LogP contribution in [0.5, 0.6) is 0 Å². The molecule has 1 N–H and O–H groups in total. The first-order chi connectivity index (χ1) is 9.85. The van der Waals surface area contributed by atoms with Gasteiger partial charge in [-0.1, -0.05) is 28.1 Å². The third-order valence-corrected chi connectivity index (χ3v) is 5.32. The Kier molecular flexibility index (Phi) is 5.18. The Morgan fingerprint density at radius 1 is 1.19 bits per heavy atom. The zero-order valence-corrected chi connectivity index (χ0v) is 14.5. The van der Waals surface area contributed by atoms with Crippen molar-refractivity contribution in [3.63, 3.8) is 0 Å². The number of hydrogen-bond acceptors (Lipinski definition) is 4. The smallest absolute Gasteiger partial charge is 0.261 e. The second-order valence-electron chi connectivity index (χ2n) is 4.56. The summed E-state index contributed by atoms with van der Waals surface area (Å²) in [4.78, 5) is 13.5. The van der Waals surface area contributed by atoms with E-state index in [-0.39, 0.29) is 18.2 Å². The van der Waals surface area contributed by atoms with E-state index in [2.05, 4.69) is 21.2 Å². The van der Waals surface area contributed by atoms with Crippen molar-refractivity contribution in [1.82, 2.24) is 5.32 Å². The molecule has 0 spiro atoms. The van der Waals surface area contributed by atoms with Crippen molar-refractivity contribution < 1.29 is 13.2 Å². The van der Waals surface area contributed by atoms with Crippen molar-refractivity contribution in [1.29, 1.82) is 0 Å². The maximum absolute atomic E-state index is 11.9. The zero-order chi connectivity index (χ0) is 15.5. The molecule has 21 heavy (non-hydrogen) atoms. The quantitative estimate of drug-likeness (QED) is 0.857. The Morgan fingerprint density at radius 3 is 2.48 bits per heavy atom. The molecule has 0 atom stereocenters. The van der Waals surface area contributed by atoms with Crippen LogP contribution in [-0.4, -0.2) is 32.9 Å². The molecule has 0 unspecified atom stereocenters. The summed E-state index contributed by atoms with van der Waals surface area (Å²) in [5, 5.41) is 2.61. The molecule has 4 nitrogen and oxygen atoms in total. The zero-order valence-electron chi connectivity index (χ0n) is 11.3. The fourth-order valence-electron chi connectivity index (χ4n) is 1.67. The van der Waals surface area contributed by atoms with Gasteiger partial charge in [0.25, 0.3) is 5.91 Å². The van der Waals surface area contributed by atoms with Crippen LogP contribution >= 0.6 is 27.3 Å². The van der Waals surface area contributed by atoms with E-state index in [9.17, 15) is 13.2 Å². The number of rotatable bonds is 5. The Bertz CT molecular complexity index is 736. The van der Waals surface area contributed by atoms with E-state index in [1.807, 2.05) is 30.3 Å². The van der Waals surface area contributed by atoms with Crippen LogP contribution in [0.15, 0.2) is 40.9 Å². The van der Waals surface area contributed by atoms with E-state index in [4.69, 9.17) is 0 Å². The molecular weight excluding hydrogens is 374 g/mol. The summed E-state index contributed by atoms with van der Waals surface area (Å²) in [5.41, 5.74) is 1.04. The first-order valence-electron chi connectivity index (χ1n) is 6.17. The number of carbonyl (C=O) groups excluding carboxylic acids is 1. The molecule has 7 heteroatoms. The number of hydrogen-bond donors (Lipinski definition) is 1. The van der Waals surface area contributed by atoms with Gasteiger partial charge >= 0.3 is 0 Å². The van der Waals surface area contributed by atoms with Crippen molar-refractivity contribution in [3.8, 4) is 10.4 Å². The van der Waals surface area contributed by atoms with E-state index in [1.165, 1.54) is 11.3 Å². The lowest BCUT2D eigenvalue weighted by Gasteiger charge is -2.02. The van der Waals surface area contributed by atoms with Gasteiger partial charge in [0.1, 0.15) is 9.84 Å². The van der Waals surface area contributed by atoms with Crippen LogP contribution in [0.3, 0.4) is 0 Å². The number of thiophene rings is 1. The van der Waals surface area contributed by atoms with E-state index in [1.54, 1.807) is 6.07 Å². The van der Waals surface area contributed by atoms with E-state index < -0.39 is 9.84 Å². The van der Waals surface area contributed by atoms with Crippen LogP contribution in [-0.2, 0) is 9.84 Å². The van der Waals surface area contributed by atoms with Gasteiger partial charge < -0.3 is 5.32 Å². The molecule has 0 aliphatic heterocycles. The molecule has 2 rings (SSSR count). The highest BCUT2D eigenvalue weighted by atomic mass is 79.9. The second-order valence-corrected chi connectivity index (χ2v) is 8.82. The lowest BCUT2D eigenvalue weighted by molar-refractivity contribution is 0.0960. The van der Waals surface area contributed by atoms with Gasteiger partial charge in [0, 0.05) is 22.2 Å². The molecule has 112 valence electrons. The lowest BCUT2D eigenvalue weighted by Crippen LogP contribution is -2.28. The van der Waals surface area contributed by atoms with Crippen molar-refractivity contribution in [2.24, 2.45) is 0 Å². The molecule has 2 aromatic rings. The maximum atomic E-state index is 11.9. The van der Waals surface area contributed by atoms with E-state index >= 15 is 0 Å². The third kappa shape index (κ3) is 4.94. The molecule has 0 aliphatic carbocycles. The molecule has 1 aromatic heterocycles. The highest BCUT2D eigenvalue weighted by molar-refractivity contribution is 9.10. The van der Waals surface area contributed by atoms with Crippen LogP contribution in [0.1, 0.15) is 9.67 Å². The van der Waals surface area contributed by atoms with Gasteiger partial charge in [0.15, 0.2) is 0 Å². The molecular formula is C14H14BrNO3S2. The summed E-state index contributed by atoms with van der Waals surface area (Å²) in [5.74, 6) is -0.295. The van der Waals surface area contributed by atoms with Crippen molar-refractivity contribution in [2.45, 2.75) is 0 Å². The number of halogens is 1. The molecule has 0 saturated heterocycles. The van der Waals surface area contributed by atoms with Crippen molar-refractivity contribution >= 4 is 43.0 Å². The van der Waals surface area contributed by atoms with Gasteiger partial charge in [0.05, 0.1) is 10.6 Å². The topological polar surface area (TPSA) is 63.2 Å². The van der Waals surface area contributed by atoms with Crippen molar-refractivity contribution in [2.75, 3.05) is 18.6 Å². The van der Waals surface area contributed by atoms with E-state index in [0.717, 1.165) is 21.2 Å². The van der Waals surface area contributed by atoms with Crippen LogP contribution in [0.2, 0.25) is 0 Å². The molecule has 1 aromatic carbocycles. The average molecular weight is 388 g/mol.